The zero-order valence-electron chi connectivity index (χ0n) is 14.2. The maximum atomic E-state index is 10.7. The third-order valence-corrected chi connectivity index (χ3v) is 5.63. The zero-order chi connectivity index (χ0) is 18.4. The molecule has 2 heterocycles. The molecule has 0 fully saturated rings. The Morgan fingerprint density at radius 3 is 1.81 bits per heavy atom. The monoisotopic (exact) mass is 379 g/mol. The van der Waals surface area contributed by atoms with E-state index in [2.05, 4.69) is 48.7 Å². The van der Waals surface area contributed by atoms with Gasteiger partial charge in [0.05, 0.1) is 10.5 Å². The van der Waals surface area contributed by atoms with Crippen molar-refractivity contribution in [2.45, 2.75) is 6.92 Å². The van der Waals surface area contributed by atoms with Crippen molar-refractivity contribution in [2.24, 2.45) is 0 Å². The molecule has 0 N–H and O–H groups in total. The van der Waals surface area contributed by atoms with Gasteiger partial charge in [-0.05, 0) is 47.0 Å². The normalized spacial score (nSPS) is 10.0. The van der Waals surface area contributed by atoms with Gasteiger partial charge in [0.15, 0.2) is 0 Å². The van der Waals surface area contributed by atoms with Crippen LogP contribution in [0.25, 0.3) is 20.9 Å². The van der Waals surface area contributed by atoms with E-state index < -0.39 is 0 Å². The minimum atomic E-state index is -0.352. The standard InChI is InChI=1S/C11H10S.C10H7NO2S/c1-9-5-2-3-6-10(9)11-7-4-8-12-11;12-11(13)9-5-2-1-4-8(9)10-6-3-7-14-10/h2-8H,1H3;1-7H. The van der Waals surface area contributed by atoms with E-state index in [0.717, 1.165) is 4.88 Å². The van der Waals surface area contributed by atoms with Gasteiger partial charge >= 0.3 is 0 Å². The summed E-state index contributed by atoms with van der Waals surface area (Å²) < 4.78 is 0. The van der Waals surface area contributed by atoms with Gasteiger partial charge < -0.3 is 0 Å². The van der Waals surface area contributed by atoms with E-state index in [0.29, 0.717) is 5.56 Å². The summed E-state index contributed by atoms with van der Waals surface area (Å²) in [7, 11) is 0. The molecule has 0 bridgehead atoms. The van der Waals surface area contributed by atoms with Gasteiger partial charge in [-0.2, -0.15) is 0 Å². The molecule has 2 aromatic carbocycles. The minimum absolute atomic E-state index is 0.162. The van der Waals surface area contributed by atoms with Crippen molar-refractivity contribution < 1.29 is 4.92 Å². The number of nitro groups is 1. The van der Waals surface area contributed by atoms with Gasteiger partial charge in [0, 0.05) is 15.8 Å². The van der Waals surface area contributed by atoms with Crippen LogP contribution in [0, 0.1) is 17.0 Å². The molecule has 0 saturated heterocycles. The first-order chi connectivity index (χ1) is 12.7. The molecule has 0 saturated carbocycles. The predicted molar refractivity (Wildman–Crippen MR) is 111 cm³/mol. The first-order valence-electron chi connectivity index (χ1n) is 8.03. The molecule has 2 aromatic heterocycles. The Hall–Kier alpha value is -2.76. The SMILES string of the molecule is Cc1ccccc1-c1cccs1.O=[N+]([O-])c1ccccc1-c1cccs1. The summed E-state index contributed by atoms with van der Waals surface area (Å²) in [6.45, 7) is 2.15. The van der Waals surface area contributed by atoms with Gasteiger partial charge in [-0.15, -0.1) is 22.7 Å². The van der Waals surface area contributed by atoms with Crippen LogP contribution in [-0.2, 0) is 0 Å². The Labute approximate surface area is 160 Å². The summed E-state index contributed by atoms with van der Waals surface area (Å²) in [5.74, 6) is 0. The van der Waals surface area contributed by atoms with Crippen molar-refractivity contribution in [3.8, 4) is 20.9 Å². The van der Waals surface area contributed by atoms with Crippen molar-refractivity contribution in [3.63, 3.8) is 0 Å². The molecule has 0 aliphatic carbocycles. The molecule has 5 heteroatoms. The van der Waals surface area contributed by atoms with Crippen LogP contribution in [0.2, 0.25) is 0 Å². The van der Waals surface area contributed by atoms with E-state index in [9.17, 15) is 10.1 Å². The molecule has 130 valence electrons. The van der Waals surface area contributed by atoms with E-state index in [1.165, 1.54) is 33.4 Å². The fourth-order valence-electron chi connectivity index (χ4n) is 2.55. The van der Waals surface area contributed by atoms with E-state index in [4.69, 9.17) is 0 Å². The van der Waals surface area contributed by atoms with Crippen molar-refractivity contribution >= 4 is 28.4 Å². The highest BCUT2D eigenvalue weighted by atomic mass is 32.1. The number of nitrogens with zero attached hydrogens (tertiary/aromatic N) is 1. The summed E-state index contributed by atoms with van der Waals surface area (Å²) in [6, 6.07) is 23.3. The highest BCUT2D eigenvalue weighted by molar-refractivity contribution is 7.13. The lowest BCUT2D eigenvalue weighted by Crippen LogP contribution is -1.89. The molecule has 0 amide bonds. The molecular weight excluding hydrogens is 362 g/mol. The van der Waals surface area contributed by atoms with Crippen LogP contribution < -0.4 is 0 Å². The molecule has 0 radical (unpaired) electrons. The van der Waals surface area contributed by atoms with Gasteiger partial charge in [0.25, 0.3) is 5.69 Å². The molecule has 0 aliphatic heterocycles. The number of para-hydroxylation sites is 1. The molecular formula is C21H17NO2S2. The van der Waals surface area contributed by atoms with E-state index in [1.54, 1.807) is 23.5 Å². The first kappa shape index (κ1) is 18.0. The van der Waals surface area contributed by atoms with Gasteiger partial charge in [-0.1, -0.05) is 48.5 Å². The van der Waals surface area contributed by atoms with Gasteiger partial charge in [0.2, 0.25) is 0 Å². The fraction of sp³-hybridized carbons (Fsp3) is 0.0476. The zero-order valence-corrected chi connectivity index (χ0v) is 15.8. The predicted octanol–water partition coefficient (Wildman–Crippen LogP) is 7.05. The van der Waals surface area contributed by atoms with E-state index >= 15 is 0 Å². The molecule has 0 aliphatic rings. The summed E-state index contributed by atoms with van der Waals surface area (Å²) >= 11 is 3.29. The molecule has 4 aromatic rings. The second kappa shape index (κ2) is 8.56. The molecule has 3 nitrogen and oxygen atoms in total. The van der Waals surface area contributed by atoms with Crippen LogP contribution in [0.15, 0.2) is 83.6 Å². The molecule has 26 heavy (non-hydrogen) atoms. The second-order valence-corrected chi connectivity index (χ2v) is 7.44. The van der Waals surface area contributed by atoms with Gasteiger partial charge in [0.1, 0.15) is 0 Å². The number of aryl methyl sites for hydroxylation is 1. The minimum Gasteiger partial charge on any atom is -0.258 e. The quantitative estimate of drug-likeness (QED) is 0.283. The Kier molecular flexibility index (Phi) is 5.94. The van der Waals surface area contributed by atoms with Crippen molar-refractivity contribution in [1.82, 2.24) is 0 Å². The maximum Gasteiger partial charge on any atom is 0.278 e. The Morgan fingerprint density at radius 1 is 0.731 bits per heavy atom. The fourth-order valence-corrected chi connectivity index (χ4v) is 4.13. The number of nitro benzene ring substituents is 1. The average molecular weight is 380 g/mol. The molecule has 0 spiro atoms. The third-order valence-electron chi connectivity index (χ3n) is 3.82. The third kappa shape index (κ3) is 4.25. The number of hydrogen-bond acceptors (Lipinski definition) is 4. The van der Waals surface area contributed by atoms with E-state index in [1.807, 2.05) is 23.6 Å². The van der Waals surface area contributed by atoms with Crippen LogP contribution in [0.3, 0.4) is 0 Å². The number of thiophene rings is 2. The molecule has 0 atom stereocenters. The highest BCUT2D eigenvalue weighted by Gasteiger charge is 2.13. The van der Waals surface area contributed by atoms with Gasteiger partial charge in [-0.3, -0.25) is 10.1 Å². The first-order valence-corrected chi connectivity index (χ1v) is 9.79. The number of benzene rings is 2. The average Bonchev–Trinajstić information content (AvgIpc) is 3.37. The summed E-state index contributed by atoms with van der Waals surface area (Å²) in [4.78, 5) is 12.7. The van der Waals surface area contributed by atoms with Gasteiger partial charge in [-0.25, -0.2) is 0 Å². The molecule has 4 rings (SSSR count). The van der Waals surface area contributed by atoms with Crippen LogP contribution in [-0.4, -0.2) is 4.92 Å². The lowest BCUT2D eigenvalue weighted by atomic mass is 10.1. The Bertz CT molecular complexity index is 977. The lowest BCUT2D eigenvalue weighted by molar-refractivity contribution is -0.384. The maximum absolute atomic E-state index is 10.7. The highest BCUT2D eigenvalue weighted by Crippen LogP contribution is 2.32. The smallest absolute Gasteiger partial charge is 0.258 e. The largest absolute Gasteiger partial charge is 0.278 e. The summed E-state index contributed by atoms with van der Waals surface area (Å²) in [5, 5.41) is 14.7. The van der Waals surface area contributed by atoms with Crippen LogP contribution in [0.1, 0.15) is 5.56 Å². The number of rotatable bonds is 3. The topological polar surface area (TPSA) is 43.1 Å². The Morgan fingerprint density at radius 2 is 1.27 bits per heavy atom. The van der Waals surface area contributed by atoms with Crippen molar-refractivity contribution in [1.29, 1.82) is 0 Å². The summed E-state index contributed by atoms with van der Waals surface area (Å²) in [6.07, 6.45) is 0. The van der Waals surface area contributed by atoms with Crippen molar-refractivity contribution in [2.75, 3.05) is 0 Å². The van der Waals surface area contributed by atoms with Crippen LogP contribution >= 0.6 is 22.7 Å². The lowest BCUT2D eigenvalue weighted by Gasteiger charge is -2.00. The van der Waals surface area contributed by atoms with Crippen LogP contribution in [0.5, 0.6) is 0 Å². The molecule has 0 unspecified atom stereocenters. The van der Waals surface area contributed by atoms with Crippen LogP contribution in [0.4, 0.5) is 5.69 Å². The summed E-state index contributed by atoms with van der Waals surface area (Å²) in [5.41, 5.74) is 3.55. The van der Waals surface area contributed by atoms with Crippen molar-refractivity contribution in [3.05, 3.63) is 99.2 Å². The van der Waals surface area contributed by atoms with E-state index in [-0.39, 0.29) is 10.6 Å². The number of hydrogen-bond donors (Lipinski definition) is 0. The Balaban J connectivity index is 0.000000152. The second-order valence-electron chi connectivity index (χ2n) is 5.54.